The van der Waals surface area contributed by atoms with Crippen LogP contribution in [0.15, 0.2) is 60.7 Å². The number of hydrogen-bond donors (Lipinski definition) is 1. The zero-order chi connectivity index (χ0) is 19.5. The Bertz CT molecular complexity index is 825. The predicted molar refractivity (Wildman–Crippen MR) is 102 cm³/mol. The van der Waals surface area contributed by atoms with E-state index in [4.69, 9.17) is 9.47 Å². The zero-order valence-electron chi connectivity index (χ0n) is 15.4. The molecule has 0 spiro atoms. The van der Waals surface area contributed by atoms with Crippen LogP contribution in [-0.2, 0) is 9.47 Å². The molecular weight excluding hydrogens is 358 g/mol. The van der Waals surface area contributed by atoms with Crippen LogP contribution in [-0.4, -0.2) is 59.4 Å². The van der Waals surface area contributed by atoms with E-state index in [1.165, 1.54) is 0 Å². The lowest BCUT2D eigenvalue weighted by Gasteiger charge is -2.34. The highest BCUT2D eigenvalue weighted by atomic mass is 16.6. The number of fused-ring (bicyclic) bond motifs is 1. The minimum absolute atomic E-state index is 0.162. The molecule has 2 aliphatic rings. The minimum atomic E-state index is -0.615. The summed E-state index contributed by atoms with van der Waals surface area (Å²) in [4.78, 5) is 27.3. The summed E-state index contributed by atoms with van der Waals surface area (Å²) in [6.07, 6.45) is -0.477. The van der Waals surface area contributed by atoms with Gasteiger partial charge in [0.1, 0.15) is 0 Å². The number of esters is 2. The Balaban J connectivity index is 1.53. The van der Waals surface area contributed by atoms with Gasteiger partial charge in [0.15, 0.2) is 12.2 Å². The summed E-state index contributed by atoms with van der Waals surface area (Å²) in [5.74, 6) is -0.889. The molecule has 0 unspecified atom stereocenters. The molecule has 28 heavy (non-hydrogen) atoms. The second-order valence-electron chi connectivity index (χ2n) is 7.29. The van der Waals surface area contributed by atoms with Gasteiger partial charge in [-0.05, 0) is 37.1 Å². The summed E-state index contributed by atoms with van der Waals surface area (Å²) in [6.45, 7) is 1.17. The molecule has 2 heterocycles. The molecule has 6 nitrogen and oxygen atoms in total. The van der Waals surface area contributed by atoms with Crippen LogP contribution in [0.5, 0.6) is 0 Å². The number of piperidine rings is 1. The highest BCUT2D eigenvalue weighted by molar-refractivity contribution is 5.90. The fraction of sp³-hybridized carbons (Fsp3) is 0.364. The SMILES string of the molecule is O=C(O[C@@H]1[C@H]2C[C@@H](O)CCN2C[C@H]1OC(=O)c1ccccc1)c1ccccc1. The molecule has 4 atom stereocenters. The maximum atomic E-state index is 12.6. The second kappa shape index (κ2) is 8.12. The Labute approximate surface area is 163 Å². The van der Waals surface area contributed by atoms with Crippen molar-refractivity contribution in [2.24, 2.45) is 0 Å². The van der Waals surface area contributed by atoms with Crippen LogP contribution in [0.3, 0.4) is 0 Å². The van der Waals surface area contributed by atoms with E-state index in [2.05, 4.69) is 4.90 Å². The number of hydrogen-bond acceptors (Lipinski definition) is 6. The number of ether oxygens (including phenoxy) is 2. The first-order valence-electron chi connectivity index (χ1n) is 9.56. The highest BCUT2D eigenvalue weighted by Crippen LogP contribution is 2.32. The molecule has 1 N–H and O–H groups in total. The molecule has 146 valence electrons. The van der Waals surface area contributed by atoms with Gasteiger partial charge in [-0.25, -0.2) is 9.59 Å². The summed E-state index contributed by atoms with van der Waals surface area (Å²) >= 11 is 0. The van der Waals surface area contributed by atoms with Crippen molar-refractivity contribution in [1.82, 2.24) is 4.90 Å². The van der Waals surface area contributed by atoms with Crippen molar-refractivity contribution in [1.29, 1.82) is 0 Å². The molecule has 0 radical (unpaired) electrons. The monoisotopic (exact) mass is 381 g/mol. The van der Waals surface area contributed by atoms with E-state index in [1.807, 2.05) is 12.1 Å². The molecule has 0 aliphatic carbocycles. The van der Waals surface area contributed by atoms with Crippen LogP contribution in [0.25, 0.3) is 0 Å². The molecule has 2 aliphatic heterocycles. The van der Waals surface area contributed by atoms with Crippen molar-refractivity contribution < 1.29 is 24.2 Å². The van der Waals surface area contributed by atoms with Crippen LogP contribution < -0.4 is 0 Å². The third-order valence-corrected chi connectivity index (χ3v) is 5.41. The fourth-order valence-corrected chi connectivity index (χ4v) is 3.98. The second-order valence-corrected chi connectivity index (χ2v) is 7.29. The zero-order valence-corrected chi connectivity index (χ0v) is 15.4. The molecule has 4 rings (SSSR count). The predicted octanol–water partition coefficient (Wildman–Crippen LogP) is 2.28. The first kappa shape index (κ1) is 18.7. The summed E-state index contributed by atoms with van der Waals surface area (Å²) in [5, 5.41) is 10.1. The third-order valence-electron chi connectivity index (χ3n) is 5.41. The van der Waals surface area contributed by atoms with Crippen LogP contribution in [0.4, 0.5) is 0 Å². The lowest BCUT2D eigenvalue weighted by molar-refractivity contribution is -0.0350. The normalized spacial score (nSPS) is 27.0. The Morgan fingerprint density at radius 1 is 0.893 bits per heavy atom. The van der Waals surface area contributed by atoms with E-state index in [-0.39, 0.29) is 6.04 Å². The topological polar surface area (TPSA) is 76.1 Å². The lowest BCUT2D eigenvalue weighted by Crippen LogP contribution is -2.46. The molecule has 0 bridgehead atoms. The van der Waals surface area contributed by atoms with Crippen LogP contribution in [0.1, 0.15) is 33.6 Å². The van der Waals surface area contributed by atoms with E-state index in [0.29, 0.717) is 37.1 Å². The third kappa shape index (κ3) is 3.93. The molecule has 0 saturated carbocycles. The molecule has 2 aromatic rings. The van der Waals surface area contributed by atoms with Crippen LogP contribution in [0.2, 0.25) is 0 Å². The van der Waals surface area contributed by atoms with Gasteiger partial charge in [0.05, 0.1) is 23.3 Å². The fourth-order valence-electron chi connectivity index (χ4n) is 3.98. The quantitative estimate of drug-likeness (QED) is 0.819. The van der Waals surface area contributed by atoms with Gasteiger partial charge in [0.25, 0.3) is 0 Å². The molecule has 2 saturated heterocycles. The highest BCUT2D eigenvalue weighted by Gasteiger charge is 2.48. The molecular formula is C22H23NO5. The van der Waals surface area contributed by atoms with Crippen molar-refractivity contribution in [3.05, 3.63) is 71.8 Å². The van der Waals surface area contributed by atoms with Gasteiger partial charge in [-0.1, -0.05) is 36.4 Å². The van der Waals surface area contributed by atoms with Crippen molar-refractivity contribution in [2.45, 2.75) is 37.2 Å². The van der Waals surface area contributed by atoms with E-state index in [0.717, 1.165) is 0 Å². The Morgan fingerprint density at radius 3 is 2.07 bits per heavy atom. The van der Waals surface area contributed by atoms with E-state index < -0.39 is 30.3 Å². The van der Waals surface area contributed by atoms with Gasteiger partial charge in [0.2, 0.25) is 0 Å². The van der Waals surface area contributed by atoms with E-state index >= 15 is 0 Å². The summed E-state index contributed by atoms with van der Waals surface area (Å²) in [5.41, 5.74) is 0.908. The van der Waals surface area contributed by atoms with Crippen LogP contribution in [0, 0.1) is 0 Å². The molecule has 6 heteroatoms. The maximum Gasteiger partial charge on any atom is 0.338 e. The first-order chi connectivity index (χ1) is 13.6. The van der Waals surface area contributed by atoms with Crippen molar-refractivity contribution in [3.63, 3.8) is 0 Å². The summed E-state index contributed by atoms with van der Waals surface area (Å²) in [6, 6.07) is 17.4. The molecule has 2 fully saturated rings. The van der Waals surface area contributed by atoms with Crippen molar-refractivity contribution >= 4 is 11.9 Å². The van der Waals surface area contributed by atoms with Gasteiger partial charge in [-0.2, -0.15) is 0 Å². The molecule has 0 amide bonds. The average molecular weight is 381 g/mol. The Morgan fingerprint density at radius 2 is 1.46 bits per heavy atom. The van der Waals surface area contributed by atoms with E-state index in [9.17, 15) is 14.7 Å². The Kier molecular flexibility index (Phi) is 5.41. The Hall–Kier alpha value is -2.70. The van der Waals surface area contributed by atoms with Crippen molar-refractivity contribution in [2.75, 3.05) is 13.1 Å². The maximum absolute atomic E-state index is 12.6. The number of benzene rings is 2. The molecule has 0 aromatic heterocycles. The molecule has 2 aromatic carbocycles. The van der Waals surface area contributed by atoms with Gasteiger partial charge >= 0.3 is 11.9 Å². The average Bonchev–Trinajstić information content (AvgIpc) is 3.05. The number of aliphatic hydroxyl groups is 1. The number of nitrogens with zero attached hydrogens (tertiary/aromatic N) is 1. The number of carbonyl (C=O) groups excluding carboxylic acids is 2. The number of carbonyl (C=O) groups is 2. The van der Waals surface area contributed by atoms with Gasteiger partial charge < -0.3 is 14.6 Å². The van der Waals surface area contributed by atoms with E-state index in [1.54, 1.807) is 48.5 Å². The van der Waals surface area contributed by atoms with Crippen molar-refractivity contribution in [3.8, 4) is 0 Å². The standard InChI is InChI=1S/C22H23NO5/c24-17-11-12-23-14-19(27-21(25)15-7-3-1-4-8-15)20(18(23)13-17)28-22(26)16-9-5-2-6-10-16/h1-10,17-20,24H,11-14H2/t17-,18+,19+,20+/m0/s1. The summed E-state index contributed by atoms with van der Waals surface area (Å²) in [7, 11) is 0. The first-order valence-corrected chi connectivity index (χ1v) is 9.56. The number of rotatable bonds is 4. The van der Waals surface area contributed by atoms with Gasteiger partial charge in [-0.3, -0.25) is 4.90 Å². The lowest BCUT2D eigenvalue weighted by atomic mass is 9.97. The van der Waals surface area contributed by atoms with Crippen LogP contribution >= 0.6 is 0 Å². The summed E-state index contributed by atoms with van der Waals surface area (Å²) < 4.78 is 11.5. The smallest absolute Gasteiger partial charge is 0.338 e. The number of aliphatic hydroxyl groups excluding tert-OH is 1. The van der Waals surface area contributed by atoms with Gasteiger partial charge in [0, 0.05) is 13.1 Å². The largest absolute Gasteiger partial charge is 0.453 e. The minimum Gasteiger partial charge on any atom is -0.453 e. The van der Waals surface area contributed by atoms with Gasteiger partial charge in [-0.15, -0.1) is 0 Å².